The molecule has 0 spiro atoms. The van der Waals surface area contributed by atoms with Crippen LogP contribution in [-0.4, -0.2) is 0 Å². The molecule has 1 aromatic heterocycles. The molecule has 0 saturated carbocycles. The van der Waals surface area contributed by atoms with Gasteiger partial charge in [0.25, 0.3) is 0 Å². The van der Waals surface area contributed by atoms with Crippen LogP contribution < -0.4 is 21.5 Å². The van der Waals surface area contributed by atoms with Crippen LogP contribution >= 0.6 is 15.9 Å². The summed E-state index contributed by atoms with van der Waals surface area (Å²) in [6.07, 6.45) is 4.08. The molecule has 1 aromatic rings. The zero-order valence-electron chi connectivity index (χ0n) is 5.72. The number of pyridine rings is 1. The fourth-order valence-corrected chi connectivity index (χ4v) is 0.995. The number of hydrogen-bond acceptors (Lipinski definition) is 0. The molecule has 1 nitrogen and oxygen atoms in total. The number of alkyl halides is 1. The van der Waals surface area contributed by atoms with Gasteiger partial charge in [-0.1, -0.05) is 15.9 Å². The van der Waals surface area contributed by atoms with Crippen LogP contribution in [0.2, 0.25) is 0 Å². The highest BCUT2D eigenvalue weighted by atomic mass is 79.9. The lowest BCUT2D eigenvalue weighted by molar-refractivity contribution is -0.671. The van der Waals surface area contributed by atoms with Gasteiger partial charge in [0, 0.05) is 17.5 Å². The highest BCUT2D eigenvalue weighted by Crippen LogP contribution is 2.00. The fraction of sp³-hybridized carbons (Fsp3) is 0.286. The van der Waals surface area contributed by atoms with Crippen molar-refractivity contribution in [3.05, 3.63) is 30.1 Å². The summed E-state index contributed by atoms with van der Waals surface area (Å²) in [7, 11) is 2.01. The van der Waals surface area contributed by atoms with Crippen LogP contribution in [0.15, 0.2) is 24.5 Å². The summed E-state index contributed by atoms with van der Waals surface area (Å²) in [4.78, 5) is 0. The van der Waals surface area contributed by atoms with Crippen LogP contribution in [0, 0.1) is 0 Å². The molecule has 56 valence electrons. The minimum atomic E-state index is 0. The van der Waals surface area contributed by atoms with Gasteiger partial charge in [0.15, 0.2) is 12.4 Å². The van der Waals surface area contributed by atoms with Gasteiger partial charge in [0.1, 0.15) is 7.05 Å². The predicted octanol–water partition coefficient (Wildman–Crippen LogP) is -1.59. The molecule has 0 aliphatic rings. The second-order valence-corrected chi connectivity index (χ2v) is 2.57. The van der Waals surface area contributed by atoms with Crippen molar-refractivity contribution >= 4 is 15.9 Å². The molecule has 0 aliphatic heterocycles. The fourth-order valence-electron chi connectivity index (χ4n) is 0.621. The molecule has 0 unspecified atom stereocenters. The first kappa shape index (κ1) is 10.1. The molecule has 10 heavy (non-hydrogen) atoms. The third kappa shape index (κ3) is 2.80. The van der Waals surface area contributed by atoms with Gasteiger partial charge in [0.2, 0.25) is 0 Å². The van der Waals surface area contributed by atoms with Crippen LogP contribution in [0.25, 0.3) is 0 Å². The van der Waals surface area contributed by atoms with E-state index in [1.165, 1.54) is 5.56 Å². The standard InChI is InChI=1S/C7H9BrN.BrH/c1-9-4-2-7(6-8)3-5-9;/h2-5H,6H2,1H3;1H/q+1;/p-1. The summed E-state index contributed by atoms with van der Waals surface area (Å²) in [5, 5.41) is 0.938. The van der Waals surface area contributed by atoms with Crippen LogP contribution in [0.5, 0.6) is 0 Å². The lowest BCUT2D eigenvalue weighted by Gasteiger charge is -1.89. The Kier molecular flexibility index (Phi) is 4.91. The van der Waals surface area contributed by atoms with Crippen molar-refractivity contribution in [1.29, 1.82) is 0 Å². The van der Waals surface area contributed by atoms with Gasteiger partial charge in [-0.15, -0.1) is 0 Å². The Labute approximate surface area is 80.0 Å². The third-order valence-corrected chi connectivity index (χ3v) is 1.85. The monoisotopic (exact) mass is 265 g/mol. The average Bonchev–Trinajstić information content (AvgIpc) is 1.90. The van der Waals surface area contributed by atoms with Crippen molar-refractivity contribution in [1.82, 2.24) is 0 Å². The molecule has 3 heteroatoms. The van der Waals surface area contributed by atoms with Crippen LogP contribution in [0.3, 0.4) is 0 Å². The summed E-state index contributed by atoms with van der Waals surface area (Å²) in [5.41, 5.74) is 1.31. The molecule has 1 rings (SSSR count). The van der Waals surface area contributed by atoms with E-state index >= 15 is 0 Å². The molecule has 0 N–H and O–H groups in total. The van der Waals surface area contributed by atoms with E-state index in [4.69, 9.17) is 0 Å². The number of aryl methyl sites for hydroxylation is 1. The van der Waals surface area contributed by atoms with Crippen LogP contribution in [0.4, 0.5) is 0 Å². The van der Waals surface area contributed by atoms with Gasteiger partial charge in [-0.25, -0.2) is 4.57 Å². The van der Waals surface area contributed by atoms with Gasteiger partial charge < -0.3 is 17.0 Å². The molecule has 0 amide bonds. The van der Waals surface area contributed by atoms with E-state index in [9.17, 15) is 0 Å². The first-order chi connectivity index (χ1) is 4.33. The van der Waals surface area contributed by atoms with Crippen molar-refractivity contribution < 1.29 is 21.5 Å². The molecule has 0 aliphatic carbocycles. The lowest BCUT2D eigenvalue weighted by Crippen LogP contribution is -3.00. The Morgan fingerprint density at radius 2 is 1.90 bits per heavy atom. The minimum absolute atomic E-state index is 0. The Hall–Kier alpha value is 0.110. The zero-order chi connectivity index (χ0) is 6.69. The summed E-state index contributed by atoms with van der Waals surface area (Å²) in [6.45, 7) is 0. The minimum Gasteiger partial charge on any atom is -1.00 e. The maximum absolute atomic E-state index is 3.37. The number of nitrogens with zero attached hydrogens (tertiary/aromatic N) is 1. The predicted molar refractivity (Wildman–Crippen MR) is 40.2 cm³/mol. The maximum Gasteiger partial charge on any atom is 0.168 e. The quantitative estimate of drug-likeness (QED) is 0.426. The maximum atomic E-state index is 3.37. The normalized spacial score (nSPS) is 8.60. The molecule has 0 saturated heterocycles. The van der Waals surface area contributed by atoms with Crippen LogP contribution in [0.1, 0.15) is 5.56 Å². The molecule has 0 radical (unpaired) electrons. The second kappa shape index (κ2) is 4.85. The van der Waals surface area contributed by atoms with Gasteiger partial charge in [-0.3, -0.25) is 0 Å². The molecule has 1 heterocycles. The number of halogens is 2. The molecule has 0 fully saturated rings. The number of hydrogen-bond donors (Lipinski definition) is 0. The van der Waals surface area contributed by atoms with E-state index in [0.717, 1.165) is 5.33 Å². The zero-order valence-corrected chi connectivity index (χ0v) is 8.89. The largest absolute Gasteiger partial charge is 1.00 e. The van der Waals surface area contributed by atoms with E-state index in [1.807, 2.05) is 24.0 Å². The van der Waals surface area contributed by atoms with Gasteiger partial charge >= 0.3 is 0 Å². The van der Waals surface area contributed by atoms with Gasteiger partial charge in [0.05, 0.1) is 0 Å². The van der Waals surface area contributed by atoms with Crippen molar-refractivity contribution in [2.45, 2.75) is 5.33 Å². The Morgan fingerprint density at radius 3 is 2.30 bits per heavy atom. The Bertz CT molecular complexity index is 183. The summed E-state index contributed by atoms with van der Waals surface area (Å²) >= 11 is 3.37. The number of rotatable bonds is 1. The average molecular weight is 267 g/mol. The molecule has 0 bridgehead atoms. The van der Waals surface area contributed by atoms with Gasteiger partial charge in [-0.2, -0.15) is 0 Å². The van der Waals surface area contributed by atoms with E-state index < -0.39 is 0 Å². The van der Waals surface area contributed by atoms with E-state index in [2.05, 4.69) is 28.1 Å². The smallest absolute Gasteiger partial charge is 0.168 e. The summed E-state index contributed by atoms with van der Waals surface area (Å²) in [6, 6.07) is 4.18. The lowest BCUT2D eigenvalue weighted by atomic mass is 10.3. The first-order valence-corrected chi connectivity index (χ1v) is 3.95. The van der Waals surface area contributed by atoms with Crippen molar-refractivity contribution in [2.75, 3.05) is 0 Å². The molecular weight excluding hydrogens is 258 g/mol. The van der Waals surface area contributed by atoms with E-state index in [0.29, 0.717) is 0 Å². The van der Waals surface area contributed by atoms with E-state index in [-0.39, 0.29) is 17.0 Å². The number of aromatic nitrogens is 1. The molecular formula is C7H9Br2N. The molecule has 0 aromatic carbocycles. The highest BCUT2D eigenvalue weighted by molar-refractivity contribution is 9.08. The van der Waals surface area contributed by atoms with Crippen molar-refractivity contribution in [3.63, 3.8) is 0 Å². The SMILES string of the molecule is C[n+]1ccc(CBr)cc1.[Br-]. The highest BCUT2D eigenvalue weighted by Gasteiger charge is 1.90. The Morgan fingerprint density at radius 1 is 1.40 bits per heavy atom. The summed E-state index contributed by atoms with van der Waals surface area (Å²) in [5.74, 6) is 0. The third-order valence-electron chi connectivity index (χ3n) is 1.20. The van der Waals surface area contributed by atoms with Crippen molar-refractivity contribution in [2.24, 2.45) is 7.05 Å². The van der Waals surface area contributed by atoms with Gasteiger partial charge in [-0.05, 0) is 5.56 Å². The van der Waals surface area contributed by atoms with Crippen LogP contribution in [-0.2, 0) is 12.4 Å². The summed E-state index contributed by atoms with van der Waals surface area (Å²) < 4.78 is 2.02. The van der Waals surface area contributed by atoms with Crippen molar-refractivity contribution in [3.8, 4) is 0 Å². The molecule has 0 atom stereocenters. The first-order valence-electron chi connectivity index (χ1n) is 2.83. The Balaban J connectivity index is 0.000000810. The topological polar surface area (TPSA) is 3.88 Å². The van der Waals surface area contributed by atoms with E-state index in [1.54, 1.807) is 0 Å². The second-order valence-electron chi connectivity index (χ2n) is 2.01.